The van der Waals surface area contributed by atoms with Crippen molar-refractivity contribution in [2.45, 2.75) is 50.7 Å². The lowest BCUT2D eigenvalue weighted by atomic mass is 9.86. The second kappa shape index (κ2) is 5.64. The summed E-state index contributed by atoms with van der Waals surface area (Å²) in [5, 5.41) is 15.9. The van der Waals surface area contributed by atoms with Gasteiger partial charge in [0.2, 0.25) is 5.91 Å². The summed E-state index contributed by atoms with van der Waals surface area (Å²) in [6.45, 7) is 1.59. The Morgan fingerprint density at radius 3 is 2.75 bits per heavy atom. The van der Waals surface area contributed by atoms with E-state index in [1.165, 1.54) is 6.42 Å². The van der Waals surface area contributed by atoms with Gasteiger partial charge in [-0.15, -0.1) is 0 Å². The predicted molar refractivity (Wildman–Crippen MR) is 62.0 cm³/mol. The number of amides is 1. The molecule has 0 radical (unpaired) electrons. The first-order valence-corrected chi connectivity index (χ1v) is 6.46. The van der Waals surface area contributed by atoms with Crippen LogP contribution in [-0.4, -0.2) is 36.2 Å². The highest BCUT2D eigenvalue weighted by Gasteiger charge is 2.26. The summed E-state index contributed by atoms with van der Waals surface area (Å²) in [6, 6.07) is 0.000679. The number of hydrogen-bond acceptors (Lipinski definition) is 3. The molecule has 2 fully saturated rings. The van der Waals surface area contributed by atoms with Gasteiger partial charge in [0.1, 0.15) is 0 Å². The first kappa shape index (κ1) is 11.9. The number of carbonyl (C=O) groups is 1. The molecule has 1 saturated carbocycles. The maximum atomic E-state index is 11.7. The van der Waals surface area contributed by atoms with Gasteiger partial charge in [-0.05, 0) is 32.2 Å². The standard InChI is InChI=1S/C12H22N2O2/c15-11-6-2-1-4-9(11)8-14-12(16)10-5-3-7-13-10/h9-11,13,15H,1-8H2,(H,14,16)/t9?,10-,11?/m1/s1. The van der Waals surface area contributed by atoms with Crippen LogP contribution in [0.25, 0.3) is 0 Å². The van der Waals surface area contributed by atoms with Gasteiger partial charge in [0.05, 0.1) is 12.1 Å². The van der Waals surface area contributed by atoms with Crippen molar-refractivity contribution in [1.82, 2.24) is 10.6 Å². The molecule has 2 unspecified atom stereocenters. The van der Waals surface area contributed by atoms with E-state index < -0.39 is 0 Å². The molecule has 92 valence electrons. The Bertz CT molecular complexity index is 239. The Balaban J connectivity index is 1.71. The summed E-state index contributed by atoms with van der Waals surface area (Å²) < 4.78 is 0. The average Bonchev–Trinajstić information content (AvgIpc) is 2.81. The Kier molecular flexibility index (Phi) is 4.18. The van der Waals surface area contributed by atoms with Crippen molar-refractivity contribution in [3.05, 3.63) is 0 Å². The van der Waals surface area contributed by atoms with E-state index >= 15 is 0 Å². The molecule has 3 N–H and O–H groups in total. The van der Waals surface area contributed by atoms with E-state index in [0.717, 1.165) is 38.6 Å². The monoisotopic (exact) mass is 226 g/mol. The van der Waals surface area contributed by atoms with E-state index in [1.807, 2.05) is 0 Å². The molecule has 0 aromatic rings. The molecule has 0 aromatic heterocycles. The molecule has 2 aliphatic rings. The molecule has 4 nitrogen and oxygen atoms in total. The zero-order valence-corrected chi connectivity index (χ0v) is 9.74. The Hall–Kier alpha value is -0.610. The molecule has 1 heterocycles. The average molecular weight is 226 g/mol. The quantitative estimate of drug-likeness (QED) is 0.653. The first-order chi connectivity index (χ1) is 7.77. The molecule has 16 heavy (non-hydrogen) atoms. The minimum Gasteiger partial charge on any atom is -0.393 e. The van der Waals surface area contributed by atoms with Gasteiger partial charge in [0, 0.05) is 12.5 Å². The van der Waals surface area contributed by atoms with E-state index in [0.29, 0.717) is 6.54 Å². The highest BCUT2D eigenvalue weighted by atomic mass is 16.3. The molecule has 0 spiro atoms. The fourth-order valence-corrected chi connectivity index (χ4v) is 2.69. The number of hydrogen-bond donors (Lipinski definition) is 3. The zero-order chi connectivity index (χ0) is 11.4. The van der Waals surface area contributed by atoms with Crippen molar-refractivity contribution in [2.75, 3.05) is 13.1 Å². The van der Waals surface area contributed by atoms with Crippen LogP contribution in [0.5, 0.6) is 0 Å². The second-order valence-corrected chi connectivity index (χ2v) is 5.01. The van der Waals surface area contributed by atoms with Crippen molar-refractivity contribution in [1.29, 1.82) is 0 Å². The van der Waals surface area contributed by atoms with Crippen molar-refractivity contribution in [3.8, 4) is 0 Å². The fraction of sp³-hybridized carbons (Fsp3) is 0.917. The lowest BCUT2D eigenvalue weighted by molar-refractivity contribution is -0.123. The zero-order valence-electron chi connectivity index (χ0n) is 9.74. The van der Waals surface area contributed by atoms with E-state index in [1.54, 1.807) is 0 Å². The van der Waals surface area contributed by atoms with Gasteiger partial charge in [0.15, 0.2) is 0 Å². The van der Waals surface area contributed by atoms with Crippen LogP contribution in [-0.2, 0) is 4.79 Å². The van der Waals surface area contributed by atoms with Gasteiger partial charge in [-0.2, -0.15) is 0 Å². The summed E-state index contributed by atoms with van der Waals surface area (Å²) in [5.41, 5.74) is 0. The van der Waals surface area contributed by atoms with E-state index in [2.05, 4.69) is 10.6 Å². The topological polar surface area (TPSA) is 61.4 Å². The smallest absolute Gasteiger partial charge is 0.237 e. The van der Waals surface area contributed by atoms with Crippen LogP contribution >= 0.6 is 0 Å². The van der Waals surface area contributed by atoms with Crippen LogP contribution in [0.15, 0.2) is 0 Å². The molecule has 0 aromatic carbocycles. The van der Waals surface area contributed by atoms with Gasteiger partial charge in [-0.25, -0.2) is 0 Å². The number of aliphatic hydroxyl groups excluding tert-OH is 1. The second-order valence-electron chi connectivity index (χ2n) is 5.01. The normalized spacial score (nSPS) is 34.9. The summed E-state index contributed by atoms with van der Waals surface area (Å²) in [7, 11) is 0. The van der Waals surface area contributed by atoms with E-state index in [9.17, 15) is 9.90 Å². The predicted octanol–water partition coefficient (Wildman–Crippen LogP) is 0.406. The van der Waals surface area contributed by atoms with Gasteiger partial charge >= 0.3 is 0 Å². The third-order valence-electron chi connectivity index (χ3n) is 3.78. The molecule has 1 aliphatic carbocycles. The van der Waals surface area contributed by atoms with Crippen LogP contribution < -0.4 is 10.6 Å². The SMILES string of the molecule is O=C(NCC1CCCCC1O)[C@H]1CCCN1. The maximum Gasteiger partial charge on any atom is 0.237 e. The van der Waals surface area contributed by atoms with Crippen molar-refractivity contribution in [2.24, 2.45) is 5.92 Å². The number of rotatable bonds is 3. The largest absolute Gasteiger partial charge is 0.393 e. The lowest BCUT2D eigenvalue weighted by Crippen LogP contribution is -2.44. The molecular weight excluding hydrogens is 204 g/mol. The molecule has 2 rings (SSSR count). The van der Waals surface area contributed by atoms with Crippen LogP contribution in [0.2, 0.25) is 0 Å². The first-order valence-electron chi connectivity index (χ1n) is 6.46. The van der Waals surface area contributed by atoms with Crippen LogP contribution in [0, 0.1) is 5.92 Å². The molecule has 1 saturated heterocycles. The molecule has 4 heteroatoms. The molecule has 3 atom stereocenters. The molecule has 1 aliphatic heterocycles. The third-order valence-corrected chi connectivity index (χ3v) is 3.78. The fourth-order valence-electron chi connectivity index (χ4n) is 2.69. The summed E-state index contributed by atoms with van der Waals surface area (Å²) in [4.78, 5) is 11.7. The minimum atomic E-state index is -0.217. The number of aliphatic hydroxyl groups is 1. The van der Waals surface area contributed by atoms with Gasteiger partial charge in [-0.1, -0.05) is 12.8 Å². The highest BCUT2D eigenvalue weighted by Crippen LogP contribution is 2.23. The van der Waals surface area contributed by atoms with Crippen LogP contribution in [0.4, 0.5) is 0 Å². The Morgan fingerprint density at radius 1 is 1.25 bits per heavy atom. The third kappa shape index (κ3) is 2.95. The van der Waals surface area contributed by atoms with Gasteiger partial charge in [0.25, 0.3) is 0 Å². The molecule has 0 bridgehead atoms. The van der Waals surface area contributed by atoms with Gasteiger partial charge < -0.3 is 15.7 Å². The van der Waals surface area contributed by atoms with Gasteiger partial charge in [-0.3, -0.25) is 4.79 Å². The van der Waals surface area contributed by atoms with Crippen molar-refractivity contribution in [3.63, 3.8) is 0 Å². The Morgan fingerprint density at radius 2 is 2.06 bits per heavy atom. The number of nitrogens with one attached hydrogen (secondary N) is 2. The molecule has 1 amide bonds. The maximum absolute atomic E-state index is 11.7. The van der Waals surface area contributed by atoms with Crippen LogP contribution in [0.3, 0.4) is 0 Å². The highest BCUT2D eigenvalue weighted by molar-refractivity contribution is 5.81. The Labute approximate surface area is 96.8 Å². The summed E-state index contributed by atoms with van der Waals surface area (Å²) >= 11 is 0. The van der Waals surface area contributed by atoms with E-state index in [4.69, 9.17) is 0 Å². The van der Waals surface area contributed by atoms with Crippen LogP contribution in [0.1, 0.15) is 38.5 Å². The minimum absolute atomic E-state index is 0.000679. The summed E-state index contributed by atoms with van der Waals surface area (Å²) in [5.74, 6) is 0.370. The molecular formula is C12H22N2O2. The van der Waals surface area contributed by atoms with E-state index in [-0.39, 0.29) is 24.0 Å². The summed E-state index contributed by atoms with van der Waals surface area (Å²) in [6.07, 6.45) is 6.05. The lowest BCUT2D eigenvalue weighted by Gasteiger charge is -2.28. The number of carbonyl (C=O) groups excluding carboxylic acids is 1. The van der Waals surface area contributed by atoms with Crippen molar-refractivity contribution < 1.29 is 9.90 Å². The van der Waals surface area contributed by atoms with Crippen molar-refractivity contribution >= 4 is 5.91 Å².